The van der Waals surface area contributed by atoms with Gasteiger partial charge in [0.1, 0.15) is 12.1 Å². The van der Waals surface area contributed by atoms with Crippen LogP contribution in [0.3, 0.4) is 0 Å². The van der Waals surface area contributed by atoms with Gasteiger partial charge in [0, 0.05) is 18.3 Å². The Morgan fingerprint density at radius 1 is 1.19 bits per heavy atom. The molecule has 0 aliphatic heterocycles. The molecule has 0 spiro atoms. The van der Waals surface area contributed by atoms with Crippen molar-refractivity contribution in [1.29, 1.82) is 0 Å². The van der Waals surface area contributed by atoms with Crippen LogP contribution in [-0.2, 0) is 11.3 Å². The topological polar surface area (TPSA) is 80.9 Å². The van der Waals surface area contributed by atoms with Crippen LogP contribution in [0.1, 0.15) is 71.1 Å². The van der Waals surface area contributed by atoms with Crippen molar-refractivity contribution in [1.82, 2.24) is 20.2 Å². The van der Waals surface area contributed by atoms with E-state index in [1.165, 1.54) is 36.0 Å². The molecule has 0 bridgehead atoms. The molecule has 1 N–H and O–H groups in total. The third kappa shape index (κ3) is 3.44. The fraction of sp³-hybridized carbons (Fsp3) is 0.769. The third-order valence-corrected chi connectivity index (χ3v) is 9.67. The second kappa shape index (κ2) is 7.52. The van der Waals surface area contributed by atoms with Crippen LogP contribution in [0.25, 0.3) is 0 Å². The maximum absolute atomic E-state index is 13.2. The highest BCUT2D eigenvalue weighted by Gasteiger charge is 2.57. The van der Waals surface area contributed by atoms with Gasteiger partial charge < -0.3 is 5.11 Å². The van der Waals surface area contributed by atoms with E-state index in [1.54, 1.807) is 0 Å². The number of hydrogen-bond donors (Lipinski definition) is 1. The number of fused-ring (bicyclic) bond motifs is 5. The first kappa shape index (κ1) is 20.6. The zero-order chi connectivity index (χ0) is 21.9. The molecule has 5 aliphatic rings. The first-order valence-corrected chi connectivity index (χ1v) is 12.6. The number of rotatable bonds is 3. The minimum Gasteiger partial charge on any atom is -0.377 e. The Balaban J connectivity index is 1.18. The van der Waals surface area contributed by atoms with E-state index in [9.17, 15) is 9.90 Å². The fourth-order valence-electron chi connectivity index (χ4n) is 7.90. The molecule has 4 fully saturated rings. The number of Topliss-reactive ketones (excluding diaryl/α,β-unsaturated/α-hetero) is 1. The quantitative estimate of drug-likeness (QED) is 0.581. The van der Waals surface area contributed by atoms with E-state index in [0.717, 1.165) is 44.9 Å². The van der Waals surface area contributed by atoms with Gasteiger partial charge in [-0.3, -0.25) is 4.79 Å². The molecule has 6 rings (SSSR count). The molecule has 5 aliphatic carbocycles. The Labute approximate surface area is 190 Å². The van der Waals surface area contributed by atoms with E-state index in [0.29, 0.717) is 29.6 Å². The van der Waals surface area contributed by atoms with E-state index in [-0.39, 0.29) is 23.7 Å². The second-order valence-electron chi connectivity index (χ2n) is 11.5. The SMILES string of the molecule is C[C@]12CC[C@H]3[C@@H](CC=C4C[C@@](O)(C#CC5CC5)CC[C@@H]43)[C@@H]1CC[C@@H]2C(=O)Cn1ncnn1. The summed E-state index contributed by atoms with van der Waals surface area (Å²) >= 11 is 0. The number of carbonyl (C=O) groups is 1. The van der Waals surface area contributed by atoms with Crippen LogP contribution >= 0.6 is 0 Å². The van der Waals surface area contributed by atoms with E-state index < -0.39 is 5.60 Å². The molecule has 32 heavy (non-hydrogen) atoms. The lowest BCUT2D eigenvalue weighted by Crippen LogP contribution is -2.48. The molecule has 170 valence electrons. The van der Waals surface area contributed by atoms with Crippen LogP contribution in [0.2, 0.25) is 0 Å². The van der Waals surface area contributed by atoms with Gasteiger partial charge in [-0.1, -0.05) is 30.4 Å². The molecule has 0 saturated heterocycles. The van der Waals surface area contributed by atoms with Gasteiger partial charge in [0.25, 0.3) is 0 Å². The first-order valence-electron chi connectivity index (χ1n) is 12.6. The number of ketones is 1. The molecule has 1 aromatic rings. The Hall–Kier alpha value is -2.00. The van der Waals surface area contributed by atoms with Crippen molar-refractivity contribution in [2.45, 2.75) is 83.3 Å². The third-order valence-electron chi connectivity index (χ3n) is 9.67. The van der Waals surface area contributed by atoms with Crippen molar-refractivity contribution in [3.63, 3.8) is 0 Å². The molecule has 0 amide bonds. The highest BCUT2D eigenvalue weighted by atomic mass is 16.3. The molecule has 6 heteroatoms. The number of hydrogen-bond acceptors (Lipinski definition) is 5. The average Bonchev–Trinajstić information content (AvgIpc) is 3.34. The number of aliphatic hydroxyl groups is 1. The normalized spacial score (nSPS) is 42.7. The average molecular weight is 435 g/mol. The van der Waals surface area contributed by atoms with Crippen LogP contribution < -0.4 is 0 Å². The molecule has 0 radical (unpaired) electrons. The molecule has 0 unspecified atom stereocenters. The van der Waals surface area contributed by atoms with Crippen LogP contribution in [0.15, 0.2) is 18.0 Å². The summed E-state index contributed by atoms with van der Waals surface area (Å²) in [6.07, 6.45) is 14.5. The van der Waals surface area contributed by atoms with Crippen LogP contribution in [-0.4, -0.2) is 36.7 Å². The zero-order valence-corrected chi connectivity index (χ0v) is 19.0. The lowest BCUT2D eigenvalue weighted by molar-refractivity contribution is -0.130. The van der Waals surface area contributed by atoms with Crippen molar-refractivity contribution in [2.24, 2.45) is 40.9 Å². The van der Waals surface area contributed by atoms with Crippen molar-refractivity contribution in [3.8, 4) is 11.8 Å². The number of nitrogens with zero attached hydrogens (tertiary/aromatic N) is 4. The van der Waals surface area contributed by atoms with Gasteiger partial charge >= 0.3 is 0 Å². The summed E-state index contributed by atoms with van der Waals surface area (Å²) < 4.78 is 0. The van der Waals surface area contributed by atoms with Gasteiger partial charge in [0.15, 0.2) is 12.1 Å². The molecule has 0 aromatic carbocycles. The van der Waals surface area contributed by atoms with Gasteiger partial charge in [0.2, 0.25) is 0 Å². The first-order chi connectivity index (χ1) is 15.5. The standard InChI is InChI=1S/C26H34N4O2/c1-25-11-9-20-19-10-13-26(32,12-8-17-2-3-17)14-18(19)4-5-21(20)22(25)6-7-23(25)24(31)15-30-28-16-27-29-30/h4,16-17,19-23,32H,2-3,5-7,9-11,13-15H2,1H3/t19-,20+,21+,22-,23+,25-,26+/m0/s1. The van der Waals surface area contributed by atoms with Gasteiger partial charge in [-0.25, -0.2) is 0 Å². The molecule has 6 nitrogen and oxygen atoms in total. The van der Waals surface area contributed by atoms with Crippen molar-refractivity contribution in [3.05, 3.63) is 18.0 Å². The second-order valence-corrected chi connectivity index (χ2v) is 11.5. The predicted octanol–water partition coefficient (Wildman–Crippen LogP) is 3.58. The summed E-state index contributed by atoms with van der Waals surface area (Å²) in [6, 6.07) is 0. The molecule has 1 heterocycles. The largest absolute Gasteiger partial charge is 0.377 e. The molecular weight excluding hydrogens is 400 g/mol. The fourth-order valence-corrected chi connectivity index (χ4v) is 7.90. The molecule has 1 aromatic heterocycles. The minimum absolute atomic E-state index is 0.0926. The van der Waals surface area contributed by atoms with E-state index in [1.807, 2.05) is 0 Å². The van der Waals surface area contributed by atoms with Gasteiger partial charge in [-0.2, -0.15) is 4.80 Å². The molecule has 4 saturated carbocycles. The summed E-state index contributed by atoms with van der Waals surface area (Å²) in [7, 11) is 0. The highest BCUT2D eigenvalue weighted by Crippen LogP contribution is 2.63. The number of allylic oxidation sites excluding steroid dienone is 1. The van der Waals surface area contributed by atoms with Crippen molar-refractivity contribution >= 4 is 5.78 Å². The maximum atomic E-state index is 13.2. The van der Waals surface area contributed by atoms with Crippen molar-refractivity contribution in [2.75, 3.05) is 0 Å². The highest BCUT2D eigenvalue weighted by molar-refractivity contribution is 5.81. The molecule has 7 atom stereocenters. The lowest BCUT2D eigenvalue weighted by Gasteiger charge is -2.54. The van der Waals surface area contributed by atoms with Crippen molar-refractivity contribution < 1.29 is 9.90 Å². The van der Waals surface area contributed by atoms with Crippen LogP contribution in [0.5, 0.6) is 0 Å². The Bertz CT molecular complexity index is 987. The van der Waals surface area contributed by atoms with E-state index >= 15 is 0 Å². The Morgan fingerprint density at radius 2 is 2.06 bits per heavy atom. The number of carbonyl (C=O) groups excluding carboxylic acids is 1. The predicted molar refractivity (Wildman–Crippen MR) is 119 cm³/mol. The zero-order valence-electron chi connectivity index (χ0n) is 19.0. The summed E-state index contributed by atoms with van der Waals surface area (Å²) in [5.74, 6) is 10.1. The summed E-state index contributed by atoms with van der Waals surface area (Å²) in [5, 5.41) is 22.8. The van der Waals surface area contributed by atoms with E-state index in [4.69, 9.17) is 0 Å². The molecular formula is C26H34N4O2. The summed E-state index contributed by atoms with van der Waals surface area (Å²) in [6.45, 7) is 2.62. The van der Waals surface area contributed by atoms with Crippen LogP contribution in [0, 0.1) is 52.8 Å². The maximum Gasteiger partial charge on any atom is 0.162 e. The Morgan fingerprint density at radius 3 is 2.84 bits per heavy atom. The van der Waals surface area contributed by atoms with Gasteiger partial charge in [-0.15, -0.1) is 10.2 Å². The minimum atomic E-state index is -0.804. The lowest BCUT2D eigenvalue weighted by atomic mass is 9.51. The Kier molecular flexibility index (Phi) is 4.84. The number of tetrazole rings is 1. The monoisotopic (exact) mass is 434 g/mol. The van der Waals surface area contributed by atoms with Gasteiger partial charge in [0.05, 0.1) is 0 Å². The summed E-state index contributed by atoms with van der Waals surface area (Å²) in [5.41, 5.74) is 0.757. The smallest absolute Gasteiger partial charge is 0.162 e. The van der Waals surface area contributed by atoms with E-state index in [2.05, 4.69) is 40.3 Å². The van der Waals surface area contributed by atoms with Crippen LogP contribution in [0.4, 0.5) is 0 Å². The number of aromatic nitrogens is 4. The van der Waals surface area contributed by atoms with Gasteiger partial charge in [-0.05, 0) is 92.1 Å². The summed E-state index contributed by atoms with van der Waals surface area (Å²) in [4.78, 5) is 14.6.